The maximum absolute atomic E-state index is 10.5. The van der Waals surface area contributed by atoms with Crippen molar-refractivity contribution in [3.63, 3.8) is 0 Å². The van der Waals surface area contributed by atoms with Gasteiger partial charge in [-0.2, -0.15) is 0 Å². The van der Waals surface area contributed by atoms with E-state index in [1.807, 2.05) is 6.92 Å². The number of carbonyl (C=O) groups excluding carboxylic acids is 1. The lowest BCUT2D eigenvalue weighted by molar-refractivity contribution is -0.114. The molecule has 2 aliphatic rings. The van der Waals surface area contributed by atoms with Gasteiger partial charge in [0.15, 0.2) is 0 Å². The van der Waals surface area contributed by atoms with Gasteiger partial charge in [-0.1, -0.05) is 32.0 Å². The van der Waals surface area contributed by atoms with Crippen LogP contribution >= 0.6 is 0 Å². The Morgan fingerprint density at radius 3 is 2.67 bits per heavy atom. The van der Waals surface area contributed by atoms with Crippen molar-refractivity contribution in [2.45, 2.75) is 59.3 Å². The molecule has 1 saturated carbocycles. The molecule has 1 fully saturated rings. The highest BCUT2D eigenvalue weighted by Crippen LogP contribution is 2.59. The van der Waals surface area contributed by atoms with E-state index >= 15 is 0 Å². The number of fused-ring (bicyclic) bond motifs is 1. The van der Waals surface area contributed by atoms with Gasteiger partial charge in [0.2, 0.25) is 11.9 Å². The fraction of sp³-hybridized carbons (Fsp3) is 0.500. The number of nitrogens with zero attached hydrogens (tertiary/aromatic N) is 1. The van der Waals surface area contributed by atoms with Gasteiger partial charge >= 0.3 is 0 Å². The molecule has 2 N–H and O–H groups in total. The van der Waals surface area contributed by atoms with Crippen LogP contribution in [0.15, 0.2) is 24.4 Å². The molecule has 2 aliphatic carbocycles. The van der Waals surface area contributed by atoms with Crippen LogP contribution in [0.1, 0.15) is 61.9 Å². The van der Waals surface area contributed by atoms with E-state index in [1.54, 1.807) is 22.9 Å². The SMILES string of the molecule is CC(=O)Nc1ncc(C)[nH]1.CC1(C)C[C@H]1c1cccc2c1CCC2. The van der Waals surface area contributed by atoms with Crippen molar-refractivity contribution in [2.75, 3.05) is 5.32 Å². The molecule has 0 spiro atoms. The molecule has 4 rings (SSSR count). The summed E-state index contributed by atoms with van der Waals surface area (Å²) in [6, 6.07) is 6.94. The number of aryl methyl sites for hydroxylation is 2. The van der Waals surface area contributed by atoms with Gasteiger partial charge in [0, 0.05) is 18.8 Å². The molecule has 4 nitrogen and oxygen atoms in total. The number of carbonyl (C=O) groups is 1. The van der Waals surface area contributed by atoms with Gasteiger partial charge in [-0.3, -0.25) is 10.1 Å². The lowest BCUT2D eigenvalue weighted by Gasteiger charge is -2.09. The van der Waals surface area contributed by atoms with Gasteiger partial charge in [0.05, 0.1) is 0 Å². The van der Waals surface area contributed by atoms with E-state index in [9.17, 15) is 4.79 Å². The van der Waals surface area contributed by atoms with Crippen LogP contribution in [0.5, 0.6) is 0 Å². The van der Waals surface area contributed by atoms with E-state index in [0.29, 0.717) is 11.4 Å². The molecule has 0 unspecified atom stereocenters. The number of nitrogens with one attached hydrogen (secondary N) is 2. The summed E-state index contributed by atoms with van der Waals surface area (Å²) in [7, 11) is 0. The minimum absolute atomic E-state index is 0.116. The fourth-order valence-electron chi connectivity index (χ4n) is 3.62. The summed E-state index contributed by atoms with van der Waals surface area (Å²) in [5.74, 6) is 1.25. The molecule has 128 valence electrons. The maximum Gasteiger partial charge on any atom is 0.223 e. The topological polar surface area (TPSA) is 57.8 Å². The molecule has 2 aromatic rings. The van der Waals surface area contributed by atoms with E-state index < -0.39 is 0 Å². The standard InChI is InChI=1S/C14H18.C6H9N3O/c1-14(2)9-13(14)12-8-4-6-10-5-3-7-11(10)12;1-4-3-7-6(8-4)9-5(2)10/h4,6,8,13H,3,5,7,9H2,1-2H3;3H,1-2H3,(H2,7,8,9,10)/t13-;/m0./s1. The molecule has 1 amide bonds. The van der Waals surface area contributed by atoms with Crippen molar-refractivity contribution in [3.05, 3.63) is 46.8 Å². The summed E-state index contributed by atoms with van der Waals surface area (Å²) in [5, 5.41) is 2.52. The highest BCUT2D eigenvalue weighted by Gasteiger charge is 2.47. The third-order valence-electron chi connectivity index (χ3n) is 5.07. The minimum Gasteiger partial charge on any atom is -0.328 e. The van der Waals surface area contributed by atoms with Gasteiger partial charge in [0.25, 0.3) is 0 Å². The highest BCUT2D eigenvalue weighted by atomic mass is 16.1. The number of aromatic amines is 1. The van der Waals surface area contributed by atoms with Gasteiger partial charge in [-0.15, -0.1) is 0 Å². The quantitative estimate of drug-likeness (QED) is 0.861. The van der Waals surface area contributed by atoms with Crippen molar-refractivity contribution in [1.82, 2.24) is 9.97 Å². The zero-order valence-corrected chi connectivity index (χ0v) is 15.1. The summed E-state index contributed by atoms with van der Waals surface area (Å²) in [6.45, 7) is 8.11. The highest BCUT2D eigenvalue weighted by molar-refractivity contribution is 5.86. The minimum atomic E-state index is -0.116. The second-order valence-electron chi connectivity index (χ2n) is 7.68. The van der Waals surface area contributed by atoms with Crippen molar-refractivity contribution in [1.29, 1.82) is 0 Å². The summed E-state index contributed by atoms with van der Waals surface area (Å²) in [5.41, 5.74) is 6.51. The zero-order valence-electron chi connectivity index (χ0n) is 15.1. The number of anilines is 1. The predicted molar refractivity (Wildman–Crippen MR) is 97.2 cm³/mol. The normalized spacial score (nSPS) is 19.9. The largest absolute Gasteiger partial charge is 0.328 e. The molecular formula is C20H27N3O. The Morgan fingerprint density at radius 2 is 2.08 bits per heavy atom. The maximum atomic E-state index is 10.5. The number of hydrogen-bond donors (Lipinski definition) is 2. The molecule has 1 heterocycles. The Kier molecular flexibility index (Phi) is 4.48. The Morgan fingerprint density at radius 1 is 1.33 bits per heavy atom. The first-order valence-electron chi connectivity index (χ1n) is 8.76. The van der Waals surface area contributed by atoms with E-state index in [4.69, 9.17) is 0 Å². The molecule has 0 radical (unpaired) electrons. The number of hydrogen-bond acceptors (Lipinski definition) is 2. The van der Waals surface area contributed by atoms with E-state index in [-0.39, 0.29) is 5.91 Å². The van der Waals surface area contributed by atoms with Gasteiger partial charge in [0.1, 0.15) is 0 Å². The van der Waals surface area contributed by atoms with Crippen LogP contribution in [0.3, 0.4) is 0 Å². The number of benzene rings is 1. The number of amides is 1. The molecule has 0 bridgehead atoms. The number of imidazole rings is 1. The van der Waals surface area contributed by atoms with Crippen LogP contribution < -0.4 is 5.32 Å². The summed E-state index contributed by atoms with van der Waals surface area (Å²) in [6.07, 6.45) is 7.07. The van der Waals surface area contributed by atoms with Crippen molar-refractivity contribution in [3.8, 4) is 0 Å². The average molecular weight is 325 g/mol. The summed E-state index contributed by atoms with van der Waals surface area (Å²) < 4.78 is 0. The van der Waals surface area contributed by atoms with Crippen molar-refractivity contribution < 1.29 is 4.79 Å². The molecule has 1 aromatic carbocycles. The average Bonchev–Trinajstić information content (AvgIpc) is 2.89. The molecule has 0 saturated heterocycles. The second-order valence-corrected chi connectivity index (χ2v) is 7.68. The molecular weight excluding hydrogens is 298 g/mol. The Labute approximate surface area is 144 Å². The monoisotopic (exact) mass is 325 g/mol. The van der Waals surface area contributed by atoms with Crippen molar-refractivity contribution >= 4 is 11.9 Å². The van der Waals surface area contributed by atoms with Gasteiger partial charge < -0.3 is 4.98 Å². The van der Waals surface area contributed by atoms with Crippen LogP contribution in [0.4, 0.5) is 5.95 Å². The molecule has 24 heavy (non-hydrogen) atoms. The lowest BCUT2D eigenvalue weighted by Crippen LogP contribution is -2.06. The number of aromatic nitrogens is 2. The van der Waals surface area contributed by atoms with E-state index in [1.165, 1.54) is 32.6 Å². The number of rotatable bonds is 2. The second kappa shape index (κ2) is 6.42. The third-order valence-corrected chi connectivity index (χ3v) is 5.07. The first-order chi connectivity index (χ1) is 11.4. The third kappa shape index (κ3) is 3.69. The Hall–Kier alpha value is -2.10. The van der Waals surface area contributed by atoms with E-state index in [2.05, 4.69) is 47.3 Å². The molecule has 1 atom stereocenters. The fourth-order valence-corrected chi connectivity index (χ4v) is 3.62. The first kappa shape index (κ1) is 16.7. The molecule has 0 aliphatic heterocycles. The predicted octanol–water partition coefficient (Wildman–Crippen LogP) is 4.37. The lowest BCUT2D eigenvalue weighted by atomic mass is 9.96. The Balaban J connectivity index is 0.000000150. The van der Waals surface area contributed by atoms with Crippen LogP contribution in [-0.2, 0) is 17.6 Å². The Bertz CT molecular complexity index is 745. The summed E-state index contributed by atoms with van der Waals surface area (Å²) >= 11 is 0. The van der Waals surface area contributed by atoms with Gasteiger partial charge in [-0.05, 0) is 60.6 Å². The van der Waals surface area contributed by atoms with Crippen LogP contribution in [0, 0.1) is 12.3 Å². The van der Waals surface area contributed by atoms with Crippen LogP contribution in [0.25, 0.3) is 0 Å². The van der Waals surface area contributed by atoms with E-state index in [0.717, 1.165) is 11.6 Å². The first-order valence-corrected chi connectivity index (χ1v) is 8.76. The molecule has 1 aromatic heterocycles. The number of H-pyrrole nitrogens is 1. The van der Waals surface area contributed by atoms with Crippen LogP contribution in [-0.4, -0.2) is 15.9 Å². The van der Waals surface area contributed by atoms with Crippen LogP contribution in [0.2, 0.25) is 0 Å². The van der Waals surface area contributed by atoms with Crippen molar-refractivity contribution in [2.24, 2.45) is 5.41 Å². The van der Waals surface area contributed by atoms with Gasteiger partial charge in [-0.25, -0.2) is 4.98 Å². The summed E-state index contributed by atoms with van der Waals surface area (Å²) in [4.78, 5) is 17.2. The molecule has 4 heteroatoms. The zero-order chi connectivity index (χ0) is 17.3. The smallest absolute Gasteiger partial charge is 0.223 e.